The van der Waals surface area contributed by atoms with Crippen LogP contribution in [-0.4, -0.2) is 49.4 Å². The Labute approximate surface area is 164 Å². The maximum absolute atomic E-state index is 12.2. The van der Waals surface area contributed by atoms with Crippen molar-refractivity contribution in [3.63, 3.8) is 0 Å². The summed E-state index contributed by atoms with van der Waals surface area (Å²) in [6.07, 6.45) is 0. The molecule has 27 heavy (non-hydrogen) atoms. The molecule has 2 N–H and O–H groups in total. The van der Waals surface area contributed by atoms with Gasteiger partial charge in [0.05, 0.1) is 31.3 Å². The number of imidazole rings is 1. The van der Waals surface area contributed by atoms with Crippen molar-refractivity contribution >= 4 is 35.3 Å². The van der Waals surface area contributed by atoms with Gasteiger partial charge in [0.1, 0.15) is 5.75 Å². The van der Waals surface area contributed by atoms with Crippen LogP contribution in [0, 0.1) is 0 Å². The molecule has 0 bridgehead atoms. The molecule has 1 aromatic heterocycles. The number of methoxy groups -OCH3 is 2. The highest BCUT2D eigenvalue weighted by Gasteiger charge is 2.14. The number of nitrogens with one attached hydrogen (secondary N) is 2. The molecule has 0 aliphatic carbocycles. The number of amides is 1. The number of rotatable bonds is 8. The van der Waals surface area contributed by atoms with Crippen LogP contribution < -0.4 is 15.4 Å². The van der Waals surface area contributed by atoms with E-state index in [0.717, 1.165) is 22.5 Å². The minimum absolute atomic E-state index is 0. The van der Waals surface area contributed by atoms with Crippen molar-refractivity contribution in [2.45, 2.75) is 0 Å². The second kappa shape index (κ2) is 9.91. The first-order valence-electron chi connectivity index (χ1n) is 8.34. The van der Waals surface area contributed by atoms with Crippen LogP contribution in [0.1, 0.15) is 0 Å². The number of carbonyl (C=O) groups excluding carboxylic acids is 1. The highest BCUT2D eigenvalue weighted by atomic mass is 35.5. The van der Waals surface area contributed by atoms with Gasteiger partial charge in [0.25, 0.3) is 0 Å². The summed E-state index contributed by atoms with van der Waals surface area (Å²) in [6, 6.07) is 15.4. The van der Waals surface area contributed by atoms with E-state index in [1.807, 2.05) is 53.1 Å². The van der Waals surface area contributed by atoms with Gasteiger partial charge in [-0.2, -0.15) is 0 Å². The van der Waals surface area contributed by atoms with Gasteiger partial charge in [0.2, 0.25) is 11.9 Å². The van der Waals surface area contributed by atoms with Crippen molar-refractivity contribution in [2.24, 2.45) is 0 Å². The fraction of sp³-hybridized carbons (Fsp3) is 0.263. The highest BCUT2D eigenvalue weighted by Crippen LogP contribution is 2.25. The first-order chi connectivity index (χ1) is 12.7. The van der Waals surface area contributed by atoms with E-state index in [1.54, 1.807) is 14.2 Å². The summed E-state index contributed by atoms with van der Waals surface area (Å²) in [6.45, 7) is 1.35. The molecule has 0 fully saturated rings. The summed E-state index contributed by atoms with van der Waals surface area (Å²) >= 11 is 0. The Hall–Kier alpha value is -2.61. The van der Waals surface area contributed by atoms with Gasteiger partial charge in [0.15, 0.2) is 0 Å². The number of carbonyl (C=O) groups is 1. The average Bonchev–Trinajstić information content (AvgIpc) is 3.03. The zero-order valence-electron chi connectivity index (χ0n) is 15.3. The first kappa shape index (κ1) is 20.7. The Balaban J connectivity index is 0.00000261. The third kappa shape index (κ3) is 4.97. The number of fused-ring (bicyclic) bond motifs is 1. The zero-order valence-corrected chi connectivity index (χ0v) is 16.1. The van der Waals surface area contributed by atoms with Crippen LogP contribution in [0.2, 0.25) is 0 Å². The molecule has 0 radical (unpaired) electrons. The van der Waals surface area contributed by atoms with E-state index in [4.69, 9.17) is 9.47 Å². The molecule has 0 atom stereocenters. The Morgan fingerprint density at radius 3 is 2.56 bits per heavy atom. The number of aromatic nitrogens is 2. The standard InChI is InChI=1S/C19H22N4O3.ClH/c1-25-12-11-20-13-18(24)22-19-21-16-5-3-4-6-17(16)23(19)14-7-9-15(26-2)10-8-14;/h3-10,20H,11-13H2,1-2H3,(H,21,22,24);1H. The minimum atomic E-state index is -0.161. The molecular formula is C19H23ClN4O3. The van der Waals surface area contributed by atoms with Crippen LogP contribution >= 0.6 is 12.4 Å². The van der Waals surface area contributed by atoms with Gasteiger partial charge in [-0.25, -0.2) is 4.98 Å². The molecule has 0 saturated carbocycles. The molecule has 0 aliphatic heterocycles. The first-order valence-corrected chi connectivity index (χ1v) is 8.34. The van der Waals surface area contributed by atoms with Crippen molar-refractivity contribution in [1.29, 1.82) is 0 Å². The third-order valence-corrected chi connectivity index (χ3v) is 3.91. The van der Waals surface area contributed by atoms with Crippen LogP contribution in [0.3, 0.4) is 0 Å². The van der Waals surface area contributed by atoms with Gasteiger partial charge in [-0.05, 0) is 36.4 Å². The molecule has 1 heterocycles. The quantitative estimate of drug-likeness (QED) is 0.578. The molecule has 0 saturated heterocycles. The molecule has 1 amide bonds. The van der Waals surface area contributed by atoms with E-state index in [0.29, 0.717) is 19.1 Å². The number of anilines is 1. The smallest absolute Gasteiger partial charge is 0.240 e. The van der Waals surface area contributed by atoms with Crippen LogP contribution in [-0.2, 0) is 9.53 Å². The maximum Gasteiger partial charge on any atom is 0.240 e. The lowest BCUT2D eigenvalue weighted by Crippen LogP contribution is -2.31. The Bertz CT molecular complexity index is 880. The van der Waals surface area contributed by atoms with Crippen molar-refractivity contribution < 1.29 is 14.3 Å². The minimum Gasteiger partial charge on any atom is -0.497 e. The monoisotopic (exact) mass is 390 g/mol. The summed E-state index contributed by atoms with van der Waals surface area (Å²) in [7, 11) is 3.25. The Morgan fingerprint density at radius 2 is 1.85 bits per heavy atom. The molecule has 0 aliphatic rings. The maximum atomic E-state index is 12.2. The van der Waals surface area contributed by atoms with Gasteiger partial charge in [0, 0.05) is 19.3 Å². The van der Waals surface area contributed by atoms with E-state index in [1.165, 1.54) is 0 Å². The van der Waals surface area contributed by atoms with Crippen LogP contribution in [0.5, 0.6) is 5.75 Å². The van der Waals surface area contributed by atoms with E-state index in [-0.39, 0.29) is 24.9 Å². The van der Waals surface area contributed by atoms with Gasteiger partial charge in [-0.3, -0.25) is 14.7 Å². The number of nitrogens with zero attached hydrogens (tertiary/aromatic N) is 2. The Kier molecular flexibility index (Phi) is 7.60. The lowest BCUT2D eigenvalue weighted by Gasteiger charge is -2.11. The normalized spacial score (nSPS) is 10.4. The molecule has 8 heteroatoms. The molecule has 3 rings (SSSR count). The summed E-state index contributed by atoms with van der Waals surface area (Å²) < 4.78 is 12.1. The van der Waals surface area contributed by atoms with Gasteiger partial charge in [-0.1, -0.05) is 12.1 Å². The zero-order chi connectivity index (χ0) is 18.4. The second-order valence-corrected chi connectivity index (χ2v) is 5.68. The number of para-hydroxylation sites is 2. The van der Waals surface area contributed by atoms with E-state index >= 15 is 0 Å². The van der Waals surface area contributed by atoms with Crippen LogP contribution in [0.15, 0.2) is 48.5 Å². The number of ether oxygens (including phenoxy) is 2. The highest BCUT2D eigenvalue weighted by molar-refractivity contribution is 5.93. The molecule has 7 nitrogen and oxygen atoms in total. The number of hydrogen-bond acceptors (Lipinski definition) is 5. The molecular weight excluding hydrogens is 368 g/mol. The van der Waals surface area contributed by atoms with E-state index in [9.17, 15) is 4.79 Å². The van der Waals surface area contributed by atoms with Crippen molar-refractivity contribution in [3.05, 3.63) is 48.5 Å². The summed E-state index contributed by atoms with van der Waals surface area (Å²) in [5.41, 5.74) is 2.62. The lowest BCUT2D eigenvalue weighted by molar-refractivity contribution is -0.115. The van der Waals surface area contributed by atoms with Gasteiger partial charge in [-0.15, -0.1) is 12.4 Å². The molecule has 0 spiro atoms. The fourth-order valence-electron chi connectivity index (χ4n) is 2.65. The average molecular weight is 391 g/mol. The van der Waals surface area contributed by atoms with Crippen molar-refractivity contribution in [1.82, 2.24) is 14.9 Å². The van der Waals surface area contributed by atoms with Crippen LogP contribution in [0.25, 0.3) is 16.7 Å². The Morgan fingerprint density at radius 1 is 1.11 bits per heavy atom. The van der Waals surface area contributed by atoms with E-state index < -0.39 is 0 Å². The topological polar surface area (TPSA) is 77.4 Å². The second-order valence-electron chi connectivity index (χ2n) is 5.68. The lowest BCUT2D eigenvalue weighted by atomic mass is 10.2. The summed E-state index contributed by atoms with van der Waals surface area (Å²) in [4.78, 5) is 16.8. The fourth-order valence-corrected chi connectivity index (χ4v) is 2.65. The largest absolute Gasteiger partial charge is 0.497 e. The number of benzene rings is 2. The summed E-state index contributed by atoms with van der Waals surface area (Å²) in [5, 5.41) is 5.91. The van der Waals surface area contributed by atoms with Crippen molar-refractivity contribution in [3.8, 4) is 11.4 Å². The third-order valence-electron chi connectivity index (χ3n) is 3.91. The SMILES string of the molecule is COCCNCC(=O)Nc1nc2ccccc2n1-c1ccc(OC)cc1.Cl. The molecule has 2 aromatic carbocycles. The molecule has 144 valence electrons. The molecule has 0 unspecified atom stereocenters. The van der Waals surface area contributed by atoms with Gasteiger partial charge < -0.3 is 14.8 Å². The van der Waals surface area contributed by atoms with Crippen LogP contribution in [0.4, 0.5) is 5.95 Å². The number of halogens is 1. The van der Waals surface area contributed by atoms with Gasteiger partial charge >= 0.3 is 0 Å². The summed E-state index contributed by atoms with van der Waals surface area (Å²) in [5.74, 6) is 1.09. The molecule has 3 aromatic rings. The predicted octanol–water partition coefficient (Wildman–Crippen LogP) is 2.63. The van der Waals surface area contributed by atoms with Crippen molar-refractivity contribution in [2.75, 3.05) is 39.2 Å². The number of hydrogen-bond donors (Lipinski definition) is 2. The predicted molar refractivity (Wildman–Crippen MR) is 108 cm³/mol. The van der Waals surface area contributed by atoms with E-state index in [2.05, 4.69) is 15.6 Å².